The lowest BCUT2D eigenvalue weighted by molar-refractivity contribution is -0.143. The average molecular weight is 393 g/mol. The van der Waals surface area contributed by atoms with Gasteiger partial charge < -0.3 is 9.47 Å². The third-order valence-corrected chi connectivity index (χ3v) is 4.29. The van der Waals surface area contributed by atoms with Gasteiger partial charge in [0.25, 0.3) is 5.82 Å². The lowest BCUT2D eigenvalue weighted by Crippen LogP contribution is -2.15. The summed E-state index contributed by atoms with van der Waals surface area (Å²) in [6, 6.07) is 18.7. The summed E-state index contributed by atoms with van der Waals surface area (Å²) in [6.45, 7) is 3.84. The molecule has 7 nitrogen and oxygen atoms in total. The molecular formula is C22H23N3O4. The number of esters is 2. The van der Waals surface area contributed by atoms with Crippen molar-refractivity contribution in [2.45, 2.75) is 32.8 Å². The molecule has 0 aliphatic carbocycles. The molecule has 0 saturated heterocycles. The van der Waals surface area contributed by atoms with Crippen molar-refractivity contribution in [3.05, 3.63) is 77.9 Å². The van der Waals surface area contributed by atoms with Crippen LogP contribution in [0, 0.1) is 6.92 Å². The van der Waals surface area contributed by atoms with E-state index in [0.29, 0.717) is 18.9 Å². The minimum absolute atomic E-state index is 0.0246. The lowest BCUT2D eigenvalue weighted by atomic mass is 10.0. The second-order valence-electron chi connectivity index (χ2n) is 6.38. The molecule has 29 heavy (non-hydrogen) atoms. The first-order valence-electron chi connectivity index (χ1n) is 9.49. The summed E-state index contributed by atoms with van der Waals surface area (Å²) < 4.78 is 12.2. The van der Waals surface area contributed by atoms with Crippen molar-refractivity contribution in [3.63, 3.8) is 0 Å². The number of aromatic nitrogens is 3. The van der Waals surface area contributed by atoms with Gasteiger partial charge in [-0.15, -0.1) is 5.10 Å². The maximum Gasteiger partial charge on any atom is 0.378 e. The zero-order valence-electron chi connectivity index (χ0n) is 16.4. The molecule has 3 rings (SSSR count). The van der Waals surface area contributed by atoms with Crippen LogP contribution in [-0.4, -0.2) is 33.3 Å². The van der Waals surface area contributed by atoms with Gasteiger partial charge in [-0.05, 0) is 38.0 Å². The second kappa shape index (κ2) is 9.64. The van der Waals surface area contributed by atoms with E-state index < -0.39 is 12.1 Å². The molecule has 0 aliphatic rings. The maximum atomic E-state index is 12.7. The Morgan fingerprint density at radius 3 is 2.34 bits per heavy atom. The molecule has 0 saturated carbocycles. The third-order valence-electron chi connectivity index (χ3n) is 4.29. The van der Waals surface area contributed by atoms with Crippen molar-refractivity contribution in [3.8, 4) is 5.69 Å². The molecule has 7 heteroatoms. The number of rotatable bonds is 8. The molecule has 150 valence electrons. The van der Waals surface area contributed by atoms with Crippen LogP contribution < -0.4 is 0 Å². The predicted molar refractivity (Wildman–Crippen MR) is 107 cm³/mol. The fourth-order valence-electron chi connectivity index (χ4n) is 2.92. The average Bonchev–Trinajstić information content (AvgIpc) is 3.14. The van der Waals surface area contributed by atoms with Gasteiger partial charge in [-0.1, -0.05) is 48.5 Å². The van der Waals surface area contributed by atoms with Gasteiger partial charge in [0.2, 0.25) is 0 Å². The van der Waals surface area contributed by atoms with E-state index in [1.54, 1.807) is 18.5 Å². The van der Waals surface area contributed by atoms with Gasteiger partial charge in [0.05, 0.1) is 12.3 Å². The van der Waals surface area contributed by atoms with Crippen LogP contribution in [0.4, 0.5) is 0 Å². The van der Waals surface area contributed by atoms with Crippen molar-refractivity contribution < 1.29 is 19.1 Å². The standard InChI is InChI=1S/C22H23N3O4/c1-3-28-20(26)15-14-19(17-10-6-4-7-11-17)29-22(27)21-23-16(2)25(24-21)18-12-8-5-9-13-18/h4-13,19H,3,14-15H2,1-2H3. The summed E-state index contributed by atoms with van der Waals surface area (Å²) in [5.41, 5.74) is 1.60. The summed E-state index contributed by atoms with van der Waals surface area (Å²) in [5.74, 6) is -0.415. The zero-order valence-corrected chi connectivity index (χ0v) is 16.4. The molecule has 0 N–H and O–H groups in total. The van der Waals surface area contributed by atoms with Crippen molar-refractivity contribution in [1.82, 2.24) is 14.8 Å². The lowest BCUT2D eigenvalue weighted by Gasteiger charge is -2.17. The van der Waals surface area contributed by atoms with Gasteiger partial charge in [0.15, 0.2) is 0 Å². The molecule has 1 heterocycles. The fourth-order valence-corrected chi connectivity index (χ4v) is 2.92. The van der Waals surface area contributed by atoms with E-state index in [2.05, 4.69) is 10.1 Å². The number of hydrogen-bond acceptors (Lipinski definition) is 6. The number of aryl methyl sites for hydroxylation is 1. The Bertz CT molecular complexity index is 955. The molecule has 0 spiro atoms. The van der Waals surface area contributed by atoms with Gasteiger partial charge >= 0.3 is 11.9 Å². The molecule has 0 radical (unpaired) electrons. The topological polar surface area (TPSA) is 83.3 Å². The number of benzene rings is 2. The Morgan fingerprint density at radius 2 is 1.69 bits per heavy atom. The molecule has 2 aromatic carbocycles. The van der Waals surface area contributed by atoms with Crippen LogP contribution in [0.15, 0.2) is 60.7 Å². The van der Waals surface area contributed by atoms with Crippen molar-refractivity contribution in [2.24, 2.45) is 0 Å². The Kier molecular flexibility index (Phi) is 6.73. The molecule has 1 atom stereocenters. The molecule has 0 amide bonds. The van der Waals surface area contributed by atoms with Crippen LogP contribution in [0.5, 0.6) is 0 Å². The fraction of sp³-hybridized carbons (Fsp3) is 0.273. The molecule has 1 aromatic heterocycles. The first-order valence-corrected chi connectivity index (χ1v) is 9.49. The number of para-hydroxylation sites is 1. The van der Waals surface area contributed by atoms with Crippen molar-refractivity contribution >= 4 is 11.9 Å². The molecule has 0 fully saturated rings. The SMILES string of the molecule is CCOC(=O)CCC(OC(=O)c1nc(C)n(-c2ccccc2)n1)c1ccccc1. The van der Waals surface area contributed by atoms with Crippen LogP contribution in [0.25, 0.3) is 5.69 Å². The molecular weight excluding hydrogens is 370 g/mol. The first kappa shape index (κ1) is 20.3. The van der Waals surface area contributed by atoms with E-state index >= 15 is 0 Å². The van der Waals surface area contributed by atoms with E-state index in [-0.39, 0.29) is 18.2 Å². The van der Waals surface area contributed by atoms with Crippen LogP contribution in [-0.2, 0) is 14.3 Å². The monoisotopic (exact) mass is 393 g/mol. The molecule has 1 unspecified atom stereocenters. The summed E-state index contributed by atoms with van der Waals surface area (Å²) >= 11 is 0. The zero-order chi connectivity index (χ0) is 20.6. The van der Waals surface area contributed by atoms with Gasteiger partial charge in [0.1, 0.15) is 11.9 Å². The van der Waals surface area contributed by atoms with Crippen molar-refractivity contribution in [1.29, 1.82) is 0 Å². The normalized spacial score (nSPS) is 11.7. The summed E-state index contributed by atoms with van der Waals surface area (Å²) in [6.07, 6.45) is -0.143. The van der Waals surface area contributed by atoms with Gasteiger partial charge in [-0.2, -0.15) is 0 Å². The highest BCUT2D eigenvalue weighted by Gasteiger charge is 2.23. The van der Waals surface area contributed by atoms with Crippen LogP contribution in [0.1, 0.15) is 47.9 Å². The van der Waals surface area contributed by atoms with E-state index in [4.69, 9.17) is 9.47 Å². The summed E-state index contributed by atoms with van der Waals surface area (Å²) in [5, 5.41) is 4.29. The molecule has 0 aliphatic heterocycles. The first-order chi connectivity index (χ1) is 14.1. The van der Waals surface area contributed by atoms with Crippen LogP contribution >= 0.6 is 0 Å². The Labute approximate surface area is 169 Å². The highest BCUT2D eigenvalue weighted by Crippen LogP contribution is 2.24. The Balaban J connectivity index is 1.77. The molecule has 3 aromatic rings. The quantitative estimate of drug-likeness (QED) is 0.541. The highest BCUT2D eigenvalue weighted by atomic mass is 16.5. The number of hydrogen-bond donors (Lipinski definition) is 0. The number of carbonyl (C=O) groups is 2. The highest BCUT2D eigenvalue weighted by molar-refractivity contribution is 5.85. The Hall–Kier alpha value is -3.48. The second-order valence-corrected chi connectivity index (χ2v) is 6.38. The van der Waals surface area contributed by atoms with E-state index in [1.807, 2.05) is 60.7 Å². The smallest absolute Gasteiger partial charge is 0.378 e. The van der Waals surface area contributed by atoms with Gasteiger partial charge in [-0.3, -0.25) is 4.79 Å². The summed E-state index contributed by atoms with van der Waals surface area (Å²) in [7, 11) is 0. The molecule has 0 bridgehead atoms. The van der Waals surface area contributed by atoms with Crippen molar-refractivity contribution in [2.75, 3.05) is 6.61 Å². The predicted octanol–water partition coefficient (Wildman–Crippen LogP) is 3.82. The third kappa shape index (κ3) is 5.28. The number of carbonyl (C=O) groups excluding carboxylic acids is 2. The van der Waals surface area contributed by atoms with E-state index in [9.17, 15) is 9.59 Å². The maximum absolute atomic E-state index is 12.7. The minimum Gasteiger partial charge on any atom is -0.466 e. The van der Waals surface area contributed by atoms with Gasteiger partial charge in [-0.25, -0.2) is 14.5 Å². The Morgan fingerprint density at radius 1 is 1.03 bits per heavy atom. The number of ether oxygens (including phenoxy) is 2. The van der Waals surface area contributed by atoms with E-state index in [1.165, 1.54) is 0 Å². The van der Waals surface area contributed by atoms with Crippen LogP contribution in [0.3, 0.4) is 0 Å². The largest absolute Gasteiger partial charge is 0.466 e. The minimum atomic E-state index is -0.638. The van der Waals surface area contributed by atoms with Crippen LogP contribution in [0.2, 0.25) is 0 Å². The van der Waals surface area contributed by atoms with E-state index in [0.717, 1.165) is 11.3 Å². The van der Waals surface area contributed by atoms with Gasteiger partial charge in [0, 0.05) is 6.42 Å². The summed E-state index contributed by atoms with van der Waals surface area (Å²) in [4.78, 5) is 28.7. The number of nitrogens with zero attached hydrogens (tertiary/aromatic N) is 3.